The van der Waals surface area contributed by atoms with E-state index in [0.29, 0.717) is 41.4 Å². The third-order valence-electron chi connectivity index (χ3n) is 3.06. The maximum absolute atomic E-state index is 10.7. The summed E-state index contributed by atoms with van der Waals surface area (Å²) in [5, 5.41) is 3.74. The molecule has 0 fully saturated rings. The second kappa shape index (κ2) is 10.3. The van der Waals surface area contributed by atoms with Crippen LogP contribution in [-0.4, -0.2) is 32.1 Å². The summed E-state index contributed by atoms with van der Waals surface area (Å²) in [4.78, 5) is 10.7. The summed E-state index contributed by atoms with van der Waals surface area (Å²) < 4.78 is 17.8. The number of rotatable bonds is 9. The van der Waals surface area contributed by atoms with Crippen molar-refractivity contribution in [2.45, 2.75) is 6.92 Å². The number of nitrogens with zero attached hydrogens (tertiary/aromatic N) is 1. The Morgan fingerprint density at radius 1 is 1.19 bits per heavy atom. The van der Waals surface area contributed by atoms with Crippen LogP contribution in [0.5, 0.6) is 17.2 Å². The second-order valence-corrected chi connectivity index (χ2v) is 5.86. The lowest BCUT2D eigenvalue weighted by Crippen LogP contribution is -2.24. The third-order valence-corrected chi connectivity index (χ3v) is 3.65. The normalized spacial score (nSPS) is 10.5. The van der Waals surface area contributed by atoms with E-state index in [9.17, 15) is 4.79 Å². The van der Waals surface area contributed by atoms with Crippen molar-refractivity contribution in [1.82, 2.24) is 5.43 Å². The summed E-state index contributed by atoms with van der Waals surface area (Å²) in [7, 11) is 0. The highest BCUT2D eigenvalue weighted by Crippen LogP contribution is 2.36. The Morgan fingerprint density at radius 2 is 1.92 bits per heavy atom. The minimum absolute atomic E-state index is 0.351. The van der Waals surface area contributed by atoms with Gasteiger partial charge in [-0.2, -0.15) is 5.10 Å². The predicted octanol–water partition coefficient (Wildman–Crippen LogP) is 3.31. The first-order chi connectivity index (χ1) is 12.6. The summed E-state index contributed by atoms with van der Waals surface area (Å²) >= 11 is 3.47. The van der Waals surface area contributed by atoms with Gasteiger partial charge in [-0.1, -0.05) is 18.2 Å². The molecule has 138 valence electrons. The molecule has 0 atom stereocenters. The highest BCUT2D eigenvalue weighted by molar-refractivity contribution is 9.10. The van der Waals surface area contributed by atoms with Crippen molar-refractivity contribution in [3.05, 3.63) is 52.5 Å². The molecule has 0 bridgehead atoms. The maximum Gasteiger partial charge on any atom is 0.332 e. The van der Waals surface area contributed by atoms with E-state index in [1.54, 1.807) is 12.1 Å². The predicted molar refractivity (Wildman–Crippen MR) is 103 cm³/mol. The van der Waals surface area contributed by atoms with E-state index in [2.05, 4.69) is 26.5 Å². The van der Waals surface area contributed by atoms with Gasteiger partial charge in [-0.25, -0.2) is 10.2 Å². The van der Waals surface area contributed by atoms with Gasteiger partial charge < -0.3 is 19.9 Å². The van der Waals surface area contributed by atoms with Crippen LogP contribution in [0.2, 0.25) is 0 Å². The zero-order chi connectivity index (χ0) is 18.8. The van der Waals surface area contributed by atoms with E-state index in [4.69, 9.17) is 19.9 Å². The number of ether oxygens (including phenoxy) is 3. The molecule has 26 heavy (non-hydrogen) atoms. The van der Waals surface area contributed by atoms with Gasteiger partial charge in [0.1, 0.15) is 19.0 Å². The molecular weight excluding hydrogens is 402 g/mol. The van der Waals surface area contributed by atoms with Crippen molar-refractivity contribution in [2.75, 3.05) is 19.8 Å². The number of para-hydroxylation sites is 1. The number of benzene rings is 2. The Labute approximate surface area is 160 Å². The zero-order valence-electron chi connectivity index (χ0n) is 14.3. The quantitative estimate of drug-likeness (QED) is 0.368. The SMILES string of the molecule is CCOc1cc(C=NNC(N)=O)cc(Br)c1OCCOc1ccccc1. The molecule has 0 unspecified atom stereocenters. The Morgan fingerprint density at radius 3 is 2.62 bits per heavy atom. The average molecular weight is 422 g/mol. The Kier molecular flexibility index (Phi) is 7.75. The van der Waals surface area contributed by atoms with E-state index in [1.807, 2.05) is 37.3 Å². The number of hydrazone groups is 1. The largest absolute Gasteiger partial charge is 0.490 e. The molecule has 0 heterocycles. The number of carbonyl (C=O) groups excluding carboxylic acids is 1. The van der Waals surface area contributed by atoms with Gasteiger partial charge in [0.25, 0.3) is 0 Å². The van der Waals surface area contributed by atoms with Gasteiger partial charge in [0.2, 0.25) is 0 Å². The fourth-order valence-electron chi connectivity index (χ4n) is 2.06. The maximum atomic E-state index is 10.7. The first-order valence-electron chi connectivity index (χ1n) is 7.95. The molecule has 0 aromatic heterocycles. The summed E-state index contributed by atoms with van der Waals surface area (Å²) in [6.45, 7) is 3.10. The number of nitrogens with two attached hydrogens (primary N) is 1. The molecule has 2 aromatic rings. The number of nitrogens with one attached hydrogen (secondary N) is 1. The minimum atomic E-state index is -0.733. The van der Waals surface area contributed by atoms with Crippen molar-refractivity contribution < 1.29 is 19.0 Å². The fraction of sp³-hybridized carbons (Fsp3) is 0.222. The van der Waals surface area contributed by atoms with Crippen LogP contribution in [0.15, 0.2) is 52.0 Å². The second-order valence-electron chi connectivity index (χ2n) is 5.01. The van der Waals surface area contributed by atoms with Crippen LogP contribution >= 0.6 is 15.9 Å². The molecule has 0 radical (unpaired) electrons. The standard InChI is InChI=1S/C18H20BrN3O4/c1-2-24-16-11-13(12-21-22-18(20)23)10-15(19)17(16)26-9-8-25-14-6-4-3-5-7-14/h3-7,10-12H,2,8-9H2,1H3,(H3,20,22,23). The molecule has 0 saturated carbocycles. The smallest absolute Gasteiger partial charge is 0.332 e. The fourth-order valence-corrected chi connectivity index (χ4v) is 2.63. The van der Waals surface area contributed by atoms with Crippen molar-refractivity contribution in [3.8, 4) is 17.2 Å². The van der Waals surface area contributed by atoms with Crippen LogP contribution in [0.1, 0.15) is 12.5 Å². The van der Waals surface area contributed by atoms with Gasteiger partial charge in [-0.05, 0) is 52.7 Å². The van der Waals surface area contributed by atoms with Crippen LogP contribution in [0.25, 0.3) is 0 Å². The van der Waals surface area contributed by atoms with Gasteiger partial charge >= 0.3 is 6.03 Å². The molecule has 2 aromatic carbocycles. The molecule has 0 aliphatic carbocycles. The number of urea groups is 1. The number of hydrogen-bond donors (Lipinski definition) is 2. The first-order valence-corrected chi connectivity index (χ1v) is 8.75. The topological polar surface area (TPSA) is 95.2 Å². The average Bonchev–Trinajstić information content (AvgIpc) is 2.61. The summed E-state index contributed by atoms with van der Waals surface area (Å²) in [5.74, 6) is 1.92. The number of amides is 2. The van der Waals surface area contributed by atoms with Gasteiger partial charge in [0, 0.05) is 0 Å². The summed E-state index contributed by atoms with van der Waals surface area (Å²) in [6, 6.07) is 12.3. The van der Waals surface area contributed by atoms with Gasteiger partial charge in [-0.15, -0.1) is 0 Å². The lowest BCUT2D eigenvalue weighted by Gasteiger charge is -2.15. The van der Waals surface area contributed by atoms with Crippen molar-refractivity contribution >= 4 is 28.2 Å². The molecular formula is C18H20BrN3O4. The molecule has 2 rings (SSSR count). The number of hydrogen-bond acceptors (Lipinski definition) is 5. The Hall–Kier alpha value is -2.74. The van der Waals surface area contributed by atoms with Crippen molar-refractivity contribution in [3.63, 3.8) is 0 Å². The minimum Gasteiger partial charge on any atom is -0.490 e. The molecule has 7 nitrogen and oxygen atoms in total. The van der Waals surface area contributed by atoms with Gasteiger partial charge in [0.15, 0.2) is 11.5 Å². The van der Waals surface area contributed by atoms with E-state index >= 15 is 0 Å². The van der Waals surface area contributed by atoms with Crippen molar-refractivity contribution in [1.29, 1.82) is 0 Å². The zero-order valence-corrected chi connectivity index (χ0v) is 15.9. The molecule has 2 amide bonds. The van der Waals surface area contributed by atoms with E-state index in [0.717, 1.165) is 5.75 Å². The molecule has 0 aliphatic rings. The Bertz CT molecular complexity index is 754. The highest BCUT2D eigenvalue weighted by Gasteiger charge is 2.12. The third kappa shape index (κ3) is 6.29. The van der Waals surface area contributed by atoms with E-state index in [1.165, 1.54) is 6.21 Å². The highest BCUT2D eigenvalue weighted by atomic mass is 79.9. The lowest BCUT2D eigenvalue weighted by atomic mass is 10.2. The molecule has 3 N–H and O–H groups in total. The molecule has 0 aliphatic heterocycles. The van der Waals surface area contributed by atoms with E-state index in [-0.39, 0.29) is 0 Å². The van der Waals surface area contributed by atoms with Gasteiger partial charge in [0.05, 0.1) is 17.3 Å². The number of primary amides is 1. The van der Waals surface area contributed by atoms with Crippen LogP contribution in [0.3, 0.4) is 0 Å². The van der Waals surface area contributed by atoms with Crippen molar-refractivity contribution in [2.24, 2.45) is 10.8 Å². The lowest BCUT2D eigenvalue weighted by molar-refractivity contribution is 0.207. The van der Waals surface area contributed by atoms with Crippen LogP contribution in [0.4, 0.5) is 4.79 Å². The molecule has 0 spiro atoms. The van der Waals surface area contributed by atoms with Crippen LogP contribution in [0, 0.1) is 0 Å². The first kappa shape index (κ1) is 19.6. The molecule has 0 saturated heterocycles. The summed E-state index contributed by atoms with van der Waals surface area (Å²) in [6.07, 6.45) is 1.46. The summed E-state index contributed by atoms with van der Waals surface area (Å²) in [5.41, 5.74) is 7.82. The Balaban J connectivity index is 2.01. The van der Waals surface area contributed by atoms with E-state index < -0.39 is 6.03 Å². The monoisotopic (exact) mass is 421 g/mol. The molecule has 8 heteroatoms. The van der Waals surface area contributed by atoms with Gasteiger partial charge in [-0.3, -0.25) is 0 Å². The van der Waals surface area contributed by atoms with Crippen LogP contribution < -0.4 is 25.4 Å². The van der Waals surface area contributed by atoms with Crippen LogP contribution in [-0.2, 0) is 0 Å². The number of carbonyl (C=O) groups is 1. The number of halogens is 1.